The first kappa shape index (κ1) is 106. The first-order valence-corrected chi connectivity index (χ1v) is 48.1. The Hall–Kier alpha value is -7.12. The summed E-state index contributed by atoms with van der Waals surface area (Å²) in [6.45, 7) is 21.4. The van der Waals surface area contributed by atoms with Gasteiger partial charge in [0, 0.05) is 82.1 Å². The molecule has 1 aromatic carbocycles. The summed E-state index contributed by atoms with van der Waals surface area (Å²) in [5.74, 6) is -1.29. The van der Waals surface area contributed by atoms with E-state index in [1.165, 1.54) is 190 Å². The maximum Gasteiger partial charge on any atom is 0.410 e. The molecule has 0 fully saturated rings. The third kappa shape index (κ3) is 54.1. The number of rotatable bonds is 73. The fourth-order valence-electron chi connectivity index (χ4n) is 14.1. The minimum atomic E-state index is -0.934. The lowest BCUT2D eigenvalue weighted by molar-refractivity contribution is -0.157. The molecule has 2 atom stereocenters. The third-order valence-corrected chi connectivity index (χ3v) is 22.3. The van der Waals surface area contributed by atoms with Crippen molar-refractivity contribution in [2.45, 2.75) is 407 Å². The number of benzene rings is 1. The molecule has 1 unspecified atom stereocenters. The van der Waals surface area contributed by atoms with Crippen LogP contribution in [-0.4, -0.2) is 171 Å². The van der Waals surface area contributed by atoms with Crippen molar-refractivity contribution in [3.05, 3.63) is 45.9 Å². The summed E-state index contributed by atoms with van der Waals surface area (Å²) in [4.78, 5) is 136. The molecular formula is C93H164N12O13S. The molecule has 0 saturated heterocycles. The molecule has 0 spiro atoms. The molecule has 3 rings (SSSR count). The molecule has 0 aliphatic heterocycles. The predicted molar refractivity (Wildman–Crippen MR) is 485 cm³/mol. The number of imidazole rings is 1. The van der Waals surface area contributed by atoms with Gasteiger partial charge in [0.05, 0.1) is 13.1 Å². The van der Waals surface area contributed by atoms with Crippen molar-refractivity contribution in [1.82, 2.24) is 50.6 Å². The van der Waals surface area contributed by atoms with Crippen molar-refractivity contribution < 1.29 is 57.3 Å². The van der Waals surface area contributed by atoms with Crippen molar-refractivity contribution in [3.63, 3.8) is 0 Å². The highest BCUT2D eigenvalue weighted by molar-refractivity contribution is 7.99. The summed E-state index contributed by atoms with van der Waals surface area (Å²) in [7, 11) is 0. The molecule has 8 N–H and O–H groups in total. The molecule has 0 aliphatic carbocycles. The van der Waals surface area contributed by atoms with Crippen LogP contribution in [0, 0.1) is 0 Å². The number of nitrogens with zero attached hydrogens (tertiary/aromatic N) is 5. The topological polar surface area (TPSA) is 330 Å². The fourth-order valence-corrected chi connectivity index (χ4v) is 15.2. The Labute approximate surface area is 721 Å². The molecule has 2 aromatic heterocycles. The third-order valence-electron chi connectivity index (χ3n) is 21.1. The minimum Gasteiger partial charge on any atom is -0.462 e. The maximum atomic E-state index is 14.3. The summed E-state index contributed by atoms with van der Waals surface area (Å²) in [6, 6.07) is 5.72. The SMILES string of the molecule is CCCCCCCCCCCCCCCC(=O)N[C@@H](CSCC(COC(=O)CCCCCCCCCCCCCCC)OC(=O)CCCCCCCCCCCCCCC)C(=O)NCCCN(CCCCN(CCCNC(=O)CNC(=O)c1ccc(Cn2c(=O)[nH]c3c(N)nc(NCCCC)nc32)cc1)C(=O)OC(C)(C)C)C(=O)OC(C)(C)C. The van der Waals surface area contributed by atoms with Crippen LogP contribution in [0.4, 0.5) is 21.4 Å². The van der Waals surface area contributed by atoms with Gasteiger partial charge < -0.3 is 66.0 Å². The van der Waals surface area contributed by atoms with Crippen molar-refractivity contribution in [2.24, 2.45) is 0 Å². The van der Waals surface area contributed by atoms with E-state index in [1.54, 1.807) is 75.6 Å². The first-order chi connectivity index (χ1) is 57.4. The number of hydrogen-bond acceptors (Lipinski definition) is 18. The molecule has 6 amide bonds. The van der Waals surface area contributed by atoms with Gasteiger partial charge in [0.2, 0.25) is 23.7 Å². The Morgan fingerprint density at radius 3 is 1.35 bits per heavy atom. The van der Waals surface area contributed by atoms with E-state index < -0.39 is 53.0 Å². The van der Waals surface area contributed by atoms with Crippen LogP contribution in [0.5, 0.6) is 0 Å². The molecule has 0 bridgehead atoms. The predicted octanol–water partition coefficient (Wildman–Crippen LogP) is 20.1. The van der Waals surface area contributed by atoms with E-state index in [4.69, 9.17) is 24.7 Å². The smallest absolute Gasteiger partial charge is 0.410 e. The van der Waals surface area contributed by atoms with Gasteiger partial charge in [-0.2, -0.15) is 21.7 Å². The number of nitrogens with one attached hydrogen (secondary N) is 6. The number of ether oxygens (including phenoxy) is 4. The van der Waals surface area contributed by atoms with Crippen molar-refractivity contribution >= 4 is 82.4 Å². The summed E-state index contributed by atoms with van der Waals surface area (Å²) >= 11 is 1.36. The van der Waals surface area contributed by atoms with E-state index in [9.17, 15) is 43.2 Å². The largest absolute Gasteiger partial charge is 0.462 e. The normalized spacial score (nSPS) is 12.1. The number of anilines is 2. The highest BCUT2D eigenvalue weighted by atomic mass is 32.2. The van der Waals surface area contributed by atoms with Gasteiger partial charge in [-0.15, -0.1) is 0 Å². The van der Waals surface area contributed by atoms with Crippen molar-refractivity contribution in [1.29, 1.82) is 0 Å². The van der Waals surface area contributed by atoms with Crippen LogP contribution in [-0.2, 0) is 49.5 Å². The number of carbonyl (C=O) groups excluding carboxylic acids is 8. The second-order valence-corrected chi connectivity index (χ2v) is 35.8. The first-order valence-electron chi connectivity index (χ1n) is 47.0. The molecule has 0 saturated carbocycles. The van der Waals surface area contributed by atoms with Crippen molar-refractivity contribution in [2.75, 3.05) is 81.5 Å². The Kier molecular flexibility index (Phi) is 59.3. The fraction of sp³-hybridized carbons (Fsp3) is 0.796. The number of esters is 2. The highest BCUT2D eigenvalue weighted by Crippen LogP contribution is 2.23. The van der Waals surface area contributed by atoms with Crippen LogP contribution in [0.3, 0.4) is 0 Å². The number of nitrogens with two attached hydrogens (primary N) is 1. The second-order valence-electron chi connectivity index (χ2n) is 34.7. The van der Waals surface area contributed by atoms with Crippen LogP contribution >= 0.6 is 11.8 Å². The molecular weight excluding hydrogens is 1530 g/mol. The Morgan fingerprint density at radius 1 is 0.479 bits per heavy atom. The molecule has 680 valence electrons. The average molecular weight is 1690 g/mol. The number of thioether (sulfide) groups is 1. The van der Waals surface area contributed by atoms with E-state index in [1.807, 2.05) is 0 Å². The van der Waals surface area contributed by atoms with E-state index in [0.29, 0.717) is 67.7 Å². The molecule has 26 heteroatoms. The van der Waals surface area contributed by atoms with E-state index in [0.717, 1.165) is 82.6 Å². The summed E-state index contributed by atoms with van der Waals surface area (Å²) in [5, 5.41) is 14.7. The van der Waals surface area contributed by atoms with E-state index >= 15 is 0 Å². The molecule has 25 nitrogen and oxygen atoms in total. The van der Waals surface area contributed by atoms with Gasteiger partial charge >= 0.3 is 29.8 Å². The molecule has 0 radical (unpaired) electrons. The highest BCUT2D eigenvalue weighted by Gasteiger charge is 2.28. The van der Waals surface area contributed by atoms with Gasteiger partial charge in [0.25, 0.3) is 5.91 Å². The van der Waals surface area contributed by atoms with E-state index in [2.05, 4.69) is 69.2 Å². The Bertz CT molecular complexity index is 3280. The Balaban J connectivity index is 1.63. The summed E-state index contributed by atoms with van der Waals surface area (Å²) in [5.41, 5.74) is 5.90. The zero-order valence-corrected chi connectivity index (χ0v) is 76.7. The molecule has 3 aromatic rings. The van der Waals surface area contributed by atoms with E-state index in [-0.39, 0.29) is 119 Å². The molecule has 119 heavy (non-hydrogen) atoms. The minimum absolute atomic E-state index is 0.102. The van der Waals surface area contributed by atoms with Gasteiger partial charge in [-0.3, -0.25) is 33.3 Å². The number of nitrogen functional groups attached to an aromatic ring is 1. The zero-order valence-electron chi connectivity index (χ0n) is 75.9. The standard InChI is InChI=1S/C93H164N12O13S/c1-11-15-19-22-25-28-31-34-37-40-43-46-49-56-79(106)99-78(74-119-73-77(116-82(109)58-51-48-45-42-39-36-33-30-27-24-21-17-13-3)72-115-81(108)57-50-47-44-41-38-35-32-29-26-23-20-16-12-2)87(111)96-65-55-69-104(91(114)118-93(8,9)10)67-53-52-66-103(90(113)117-92(5,6)7)68-54-64-95-80(107)70-98-86(110)76-61-59-75(60-62-76)71-105-85-83(100-89(105)112)84(94)101-88(102-85)97-63-18-14-4/h59-62,77-78H,11-58,63-74H2,1-10H3,(H,95,107)(H,96,111)(H,98,110)(H,99,106)(H,100,112)(H3,94,97,101,102)/t77?,78-/m0/s1. The molecule has 2 heterocycles. The van der Waals surface area contributed by atoms with Crippen LogP contribution in [0.2, 0.25) is 0 Å². The monoisotopic (exact) mass is 1690 g/mol. The lowest BCUT2D eigenvalue weighted by Gasteiger charge is -2.29. The van der Waals surface area contributed by atoms with Crippen LogP contribution in [0.15, 0.2) is 29.1 Å². The van der Waals surface area contributed by atoms with Gasteiger partial charge in [0.15, 0.2) is 11.5 Å². The van der Waals surface area contributed by atoms with Gasteiger partial charge in [-0.1, -0.05) is 277 Å². The second kappa shape index (κ2) is 66.5. The lowest BCUT2D eigenvalue weighted by atomic mass is 10.0. The number of H-pyrrole nitrogens is 1. The summed E-state index contributed by atoms with van der Waals surface area (Å²) in [6.07, 6.45) is 49.0. The van der Waals surface area contributed by atoms with Crippen LogP contribution in [0.25, 0.3) is 11.2 Å². The lowest BCUT2D eigenvalue weighted by Crippen LogP contribution is -2.49. The number of aromatic nitrogens is 4. The van der Waals surface area contributed by atoms with Gasteiger partial charge in [0.1, 0.15) is 35.5 Å². The summed E-state index contributed by atoms with van der Waals surface area (Å²) < 4.78 is 25.0. The number of amides is 6. The number of aromatic amines is 1. The Morgan fingerprint density at radius 2 is 0.899 bits per heavy atom. The van der Waals surface area contributed by atoms with Crippen molar-refractivity contribution in [3.8, 4) is 0 Å². The number of fused-ring (bicyclic) bond motifs is 1. The molecule has 0 aliphatic rings. The van der Waals surface area contributed by atoms with Gasteiger partial charge in [-0.05, 0) is 111 Å². The quantitative estimate of drug-likeness (QED) is 0.0157. The van der Waals surface area contributed by atoms with Gasteiger partial charge in [-0.25, -0.2) is 14.4 Å². The number of carbonyl (C=O) groups is 8. The maximum absolute atomic E-state index is 14.3. The number of unbranched alkanes of at least 4 members (excludes halogenated alkanes) is 38. The van der Waals surface area contributed by atoms with Crippen LogP contribution in [0.1, 0.15) is 393 Å². The number of hydrogen-bond donors (Lipinski definition) is 7. The average Bonchev–Trinajstić information content (AvgIpc) is 1.64. The zero-order chi connectivity index (χ0) is 87.0. The van der Waals surface area contributed by atoms with Crippen LogP contribution < -0.4 is 38.0 Å².